The van der Waals surface area contributed by atoms with Gasteiger partial charge < -0.3 is 11.1 Å². The number of anilines is 1. The standard InChI is InChI=1S/C14H14BrN7.3ClH/c15-9-1-3-10(4-2-9)19-12(7-16)14-20-13(21-22-14)11-5-6-17-8-18-11;;;/h1-6,8,12,19H,7,16H2,(H,20,21,22);3*1H. The maximum Gasteiger partial charge on any atom is 0.199 e. The van der Waals surface area contributed by atoms with Gasteiger partial charge in [0.05, 0.1) is 6.04 Å². The third-order valence-corrected chi connectivity index (χ3v) is 3.59. The van der Waals surface area contributed by atoms with Gasteiger partial charge >= 0.3 is 0 Å². The first-order valence-electron chi connectivity index (χ1n) is 6.67. The highest BCUT2D eigenvalue weighted by Gasteiger charge is 2.15. The van der Waals surface area contributed by atoms with E-state index < -0.39 is 0 Å². The fraction of sp³-hybridized carbons (Fsp3) is 0.143. The minimum Gasteiger partial charge on any atom is -0.374 e. The molecular formula is C14H17BrCl3N7. The number of aromatic amines is 1. The summed E-state index contributed by atoms with van der Waals surface area (Å²) in [6.45, 7) is 0.383. The van der Waals surface area contributed by atoms with Gasteiger partial charge in [-0.15, -0.1) is 37.2 Å². The van der Waals surface area contributed by atoms with Crippen LogP contribution in [0.2, 0.25) is 0 Å². The lowest BCUT2D eigenvalue weighted by molar-refractivity contribution is 0.730. The van der Waals surface area contributed by atoms with Crippen LogP contribution in [0.4, 0.5) is 5.69 Å². The second-order valence-corrected chi connectivity index (χ2v) is 5.49. The molecule has 1 atom stereocenters. The molecule has 0 aliphatic carbocycles. The number of aromatic nitrogens is 5. The molecular weight excluding hydrogens is 452 g/mol. The zero-order valence-electron chi connectivity index (χ0n) is 12.8. The van der Waals surface area contributed by atoms with Crippen molar-refractivity contribution >= 4 is 58.8 Å². The second-order valence-electron chi connectivity index (χ2n) is 4.58. The van der Waals surface area contributed by atoms with Crippen molar-refractivity contribution in [3.05, 3.63) is 53.2 Å². The van der Waals surface area contributed by atoms with Crippen molar-refractivity contribution < 1.29 is 0 Å². The van der Waals surface area contributed by atoms with Crippen LogP contribution >= 0.6 is 53.2 Å². The summed E-state index contributed by atoms with van der Waals surface area (Å²) in [5.41, 5.74) is 7.47. The van der Waals surface area contributed by atoms with E-state index in [1.165, 1.54) is 6.33 Å². The molecule has 3 aromatic rings. The van der Waals surface area contributed by atoms with Crippen LogP contribution in [0.3, 0.4) is 0 Å². The molecule has 136 valence electrons. The number of hydrogen-bond donors (Lipinski definition) is 3. The van der Waals surface area contributed by atoms with Crippen LogP contribution in [0, 0.1) is 0 Å². The maximum absolute atomic E-state index is 5.85. The predicted molar refractivity (Wildman–Crippen MR) is 109 cm³/mol. The number of nitrogens with zero attached hydrogens (tertiary/aromatic N) is 4. The van der Waals surface area contributed by atoms with Gasteiger partial charge in [0.15, 0.2) is 5.82 Å². The van der Waals surface area contributed by atoms with Crippen molar-refractivity contribution in [1.29, 1.82) is 0 Å². The molecule has 0 aliphatic rings. The summed E-state index contributed by atoms with van der Waals surface area (Å²) in [5.74, 6) is 1.19. The highest BCUT2D eigenvalue weighted by atomic mass is 79.9. The van der Waals surface area contributed by atoms with Crippen molar-refractivity contribution in [3.63, 3.8) is 0 Å². The molecule has 0 fully saturated rings. The first kappa shape index (κ1) is 23.5. The Balaban J connectivity index is 0.00000192. The molecule has 3 rings (SSSR count). The topological polar surface area (TPSA) is 105 Å². The van der Waals surface area contributed by atoms with Gasteiger partial charge in [-0.05, 0) is 30.3 Å². The molecule has 0 saturated heterocycles. The number of nitrogens with one attached hydrogen (secondary N) is 2. The Morgan fingerprint density at radius 1 is 1.12 bits per heavy atom. The van der Waals surface area contributed by atoms with Crippen LogP contribution in [0.1, 0.15) is 11.9 Å². The summed E-state index contributed by atoms with van der Waals surface area (Å²) in [4.78, 5) is 12.5. The molecule has 2 heterocycles. The van der Waals surface area contributed by atoms with E-state index in [1.807, 2.05) is 24.3 Å². The smallest absolute Gasteiger partial charge is 0.199 e. The van der Waals surface area contributed by atoms with E-state index in [9.17, 15) is 0 Å². The molecule has 1 unspecified atom stereocenters. The average Bonchev–Trinajstić information content (AvgIpc) is 3.05. The Bertz CT molecular complexity index is 740. The number of hydrogen-bond acceptors (Lipinski definition) is 6. The van der Waals surface area contributed by atoms with Gasteiger partial charge in [-0.2, -0.15) is 5.10 Å². The van der Waals surface area contributed by atoms with E-state index in [-0.39, 0.29) is 43.3 Å². The summed E-state index contributed by atoms with van der Waals surface area (Å²) < 4.78 is 1.02. The Labute approximate surface area is 172 Å². The van der Waals surface area contributed by atoms with Gasteiger partial charge in [0.25, 0.3) is 0 Å². The van der Waals surface area contributed by atoms with Crippen molar-refractivity contribution in [1.82, 2.24) is 25.1 Å². The number of benzene rings is 1. The van der Waals surface area contributed by atoms with Gasteiger partial charge in [-0.25, -0.2) is 15.0 Å². The van der Waals surface area contributed by atoms with E-state index in [2.05, 4.69) is 46.4 Å². The van der Waals surface area contributed by atoms with Crippen LogP contribution in [-0.2, 0) is 0 Å². The van der Waals surface area contributed by atoms with Crippen LogP contribution in [0.15, 0.2) is 47.3 Å². The minimum absolute atomic E-state index is 0. The zero-order valence-corrected chi connectivity index (χ0v) is 16.8. The molecule has 0 radical (unpaired) electrons. The van der Waals surface area contributed by atoms with Crippen molar-refractivity contribution in [2.45, 2.75) is 6.04 Å². The fourth-order valence-electron chi connectivity index (χ4n) is 1.95. The second kappa shape index (κ2) is 11.2. The summed E-state index contributed by atoms with van der Waals surface area (Å²) in [7, 11) is 0. The Hall–Kier alpha value is -1.45. The summed E-state index contributed by atoms with van der Waals surface area (Å²) in [6, 6.07) is 9.45. The number of halogens is 4. The monoisotopic (exact) mass is 467 g/mol. The van der Waals surface area contributed by atoms with Crippen LogP contribution < -0.4 is 11.1 Å². The summed E-state index contributed by atoms with van der Waals surface area (Å²) >= 11 is 3.41. The molecule has 1 aromatic carbocycles. The lowest BCUT2D eigenvalue weighted by Crippen LogP contribution is -2.21. The lowest BCUT2D eigenvalue weighted by Gasteiger charge is -2.15. The summed E-state index contributed by atoms with van der Waals surface area (Å²) in [6.07, 6.45) is 3.12. The van der Waals surface area contributed by atoms with E-state index >= 15 is 0 Å². The van der Waals surface area contributed by atoms with Gasteiger partial charge in [0.1, 0.15) is 17.8 Å². The Morgan fingerprint density at radius 3 is 2.44 bits per heavy atom. The van der Waals surface area contributed by atoms with E-state index in [0.29, 0.717) is 23.9 Å². The average molecular weight is 470 g/mol. The number of nitrogens with two attached hydrogens (primary N) is 1. The zero-order chi connectivity index (χ0) is 15.4. The molecule has 0 saturated carbocycles. The highest BCUT2D eigenvalue weighted by Crippen LogP contribution is 2.20. The molecule has 11 heteroatoms. The van der Waals surface area contributed by atoms with Crippen LogP contribution in [-0.4, -0.2) is 31.7 Å². The van der Waals surface area contributed by atoms with E-state index in [4.69, 9.17) is 5.73 Å². The van der Waals surface area contributed by atoms with Gasteiger partial charge in [0, 0.05) is 22.9 Å². The third kappa shape index (κ3) is 6.09. The minimum atomic E-state index is -0.163. The Morgan fingerprint density at radius 2 is 1.84 bits per heavy atom. The maximum atomic E-state index is 5.85. The highest BCUT2D eigenvalue weighted by molar-refractivity contribution is 9.10. The number of rotatable bonds is 5. The normalized spacial score (nSPS) is 10.6. The molecule has 0 spiro atoms. The molecule has 0 amide bonds. The first-order chi connectivity index (χ1) is 10.8. The third-order valence-electron chi connectivity index (χ3n) is 3.06. The van der Waals surface area contributed by atoms with Crippen molar-refractivity contribution in [3.8, 4) is 11.5 Å². The molecule has 0 aliphatic heterocycles. The fourth-order valence-corrected chi connectivity index (χ4v) is 2.22. The summed E-state index contributed by atoms with van der Waals surface area (Å²) in [5, 5.41) is 10.4. The van der Waals surface area contributed by atoms with Crippen LogP contribution in [0.25, 0.3) is 11.5 Å². The Kier molecular flexibility index (Phi) is 10.6. The SMILES string of the molecule is Cl.Cl.Cl.NCC(Nc1ccc(Br)cc1)c1nc(-c2ccncn2)n[nH]1. The lowest BCUT2D eigenvalue weighted by atomic mass is 10.2. The quantitative estimate of drug-likeness (QED) is 0.529. The predicted octanol–water partition coefficient (Wildman–Crippen LogP) is 3.40. The van der Waals surface area contributed by atoms with Crippen molar-refractivity contribution in [2.75, 3.05) is 11.9 Å². The van der Waals surface area contributed by atoms with E-state index in [0.717, 1.165) is 10.2 Å². The molecule has 7 nitrogen and oxygen atoms in total. The number of H-pyrrole nitrogens is 1. The van der Waals surface area contributed by atoms with Crippen LogP contribution in [0.5, 0.6) is 0 Å². The van der Waals surface area contributed by atoms with Gasteiger partial charge in [0.2, 0.25) is 0 Å². The van der Waals surface area contributed by atoms with E-state index in [1.54, 1.807) is 12.3 Å². The van der Waals surface area contributed by atoms with Gasteiger partial charge in [-0.3, -0.25) is 5.10 Å². The molecule has 25 heavy (non-hydrogen) atoms. The molecule has 2 aromatic heterocycles. The molecule has 0 bridgehead atoms. The molecule has 4 N–H and O–H groups in total. The van der Waals surface area contributed by atoms with Gasteiger partial charge in [-0.1, -0.05) is 15.9 Å². The largest absolute Gasteiger partial charge is 0.374 e. The van der Waals surface area contributed by atoms with Crippen molar-refractivity contribution in [2.24, 2.45) is 5.73 Å². The first-order valence-corrected chi connectivity index (χ1v) is 7.46.